The van der Waals surface area contributed by atoms with Gasteiger partial charge in [0, 0.05) is 5.56 Å². The number of hydrazine groups is 1. The largest absolute Gasteiger partial charge is 0.352 e. The lowest BCUT2D eigenvalue weighted by Crippen LogP contribution is -2.44. The van der Waals surface area contributed by atoms with Crippen LogP contribution in [0.3, 0.4) is 0 Å². The van der Waals surface area contributed by atoms with Gasteiger partial charge in [-0.05, 0) is 42.3 Å². The number of urea groups is 1. The number of rotatable bonds is 5. The zero-order valence-corrected chi connectivity index (χ0v) is 14.1. The minimum absolute atomic E-state index is 0.127. The maximum Gasteiger partial charge on any atom is 0.312 e. The Bertz CT molecular complexity index is 808. The molecule has 2 aromatic carbocycles. The zero-order valence-electron chi connectivity index (χ0n) is 14.1. The van der Waals surface area contributed by atoms with Gasteiger partial charge >= 0.3 is 6.03 Å². The van der Waals surface area contributed by atoms with Crippen LogP contribution in [0.5, 0.6) is 0 Å². The van der Waals surface area contributed by atoms with Gasteiger partial charge in [-0.2, -0.15) is 0 Å². The molecule has 2 aromatic rings. The first-order valence-corrected chi connectivity index (χ1v) is 7.83. The van der Waals surface area contributed by atoms with Crippen LogP contribution < -0.4 is 21.9 Å². The fourth-order valence-electron chi connectivity index (χ4n) is 2.42. The second-order valence-corrected chi connectivity index (χ2v) is 5.63. The first-order valence-electron chi connectivity index (χ1n) is 7.83. The van der Waals surface area contributed by atoms with Crippen molar-refractivity contribution >= 4 is 17.8 Å². The van der Waals surface area contributed by atoms with Gasteiger partial charge in [-0.15, -0.1) is 0 Å². The normalized spacial score (nSPS) is 11.3. The molecule has 7 nitrogen and oxygen atoms in total. The molecule has 136 valence electrons. The number of amides is 4. The van der Waals surface area contributed by atoms with E-state index in [-0.39, 0.29) is 12.0 Å². The van der Waals surface area contributed by atoms with E-state index in [1.54, 1.807) is 12.1 Å². The van der Waals surface area contributed by atoms with Crippen molar-refractivity contribution < 1.29 is 18.8 Å². The summed E-state index contributed by atoms with van der Waals surface area (Å²) in [5.74, 6) is -1.58. The molecular formula is C18H19FN4O3. The third kappa shape index (κ3) is 5.30. The molecule has 0 bridgehead atoms. The van der Waals surface area contributed by atoms with Crippen molar-refractivity contribution in [3.63, 3.8) is 0 Å². The molecule has 4 amide bonds. The topological polar surface area (TPSA) is 113 Å². The van der Waals surface area contributed by atoms with Gasteiger partial charge in [0.25, 0.3) is 5.91 Å². The highest BCUT2D eigenvalue weighted by Gasteiger charge is 2.19. The van der Waals surface area contributed by atoms with Crippen LogP contribution in [0.15, 0.2) is 48.5 Å². The number of benzene rings is 2. The molecule has 0 aromatic heterocycles. The number of carbonyl (C=O) groups excluding carboxylic acids is 3. The van der Waals surface area contributed by atoms with E-state index >= 15 is 0 Å². The Kier molecular flexibility index (Phi) is 6.26. The Balaban J connectivity index is 1.98. The number of hydrogen-bond acceptors (Lipinski definition) is 3. The first kappa shape index (κ1) is 18.9. The molecule has 0 radical (unpaired) electrons. The van der Waals surface area contributed by atoms with Gasteiger partial charge < -0.3 is 11.1 Å². The molecule has 0 spiro atoms. The highest BCUT2D eigenvalue weighted by molar-refractivity contribution is 5.95. The maximum atomic E-state index is 12.9. The molecular weight excluding hydrogens is 339 g/mol. The van der Waals surface area contributed by atoms with Crippen LogP contribution in [-0.2, 0) is 4.79 Å². The molecule has 26 heavy (non-hydrogen) atoms. The van der Waals surface area contributed by atoms with Crippen LogP contribution in [-0.4, -0.2) is 17.8 Å². The second-order valence-electron chi connectivity index (χ2n) is 5.63. The smallest absolute Gasteiger partial charge is 0.312 e. The first-order chi connectivity index (χ1) is 12.4. The summed E-state index contributed by atoms with van der Waals surface area (Å²) in [6.45, 7) is 1.85. The maximum absolute atomic E-state index is 12.9. The van der Waals surface area contributed by atoms with Crippen LogP contribution in [0.1, 0.15) is 33.9 Å². The number of halogens is 1. The van der Waals surface area contributed by atoms with Gasteiger partial charge in [0.15, 0.2) is 0 Å². The summed E-state index contributed by atoms with van der Waals surface area (Å²) in [5, 5.41) is 2.52. The highest BCUT2D eigenvalue weighted by atomic mass is 19.1. The summed E-state index contributed by atoms with van der Waals surface area (Å²) in [4.78, 5) is 35.3. The molecule has 1 atom stereocenters. The van der Waals surface area contributed by atoms with Crippen molar-refractivity contribution in [3.05, 3.63) is 71.0 Å². The molecule has 0 saturated carbocycles. The standard InChI is InChI=1S/C18H19FN4O3/c1-11-4-2-3-5-14(11)15(21-18(20)26)10-16(24)22-23-17(25)12-6-8-13(19)9-7-12/h2-9,15H,10H2,1H3,(H,22,24)(H,23,25)(H3,20,21,26). The Morgan fingerprint density at radius 2 is 1.69 bits per heavy atom. The Morgan fingerprint density at radius 1 is 1.04 bits per heavy atom. The molecule has 0 aliphatic heterocycles. The lowest BCUT2D eigenvalue weighted by molar-refractivity contribution is -0.122. The summed E-state index contributed by atoms with van der Waals surface area (Å²) < 4.78 is 12.9. The van der Waals surface area contributed by atoms with Gasteiger partial charge in [-0.3, -0.25) is 20.4 Å². The predicted molar refractivity (Wildman–Crippen MR) is 93.3 cm³/mol. The molecule has 0 aliphatic carbocycles. The number of aryl methyl sites for hydroxylation is 1. The van der Waals surface area contributed by atoms with Crippen LogP contribution in [0.2, 0.25) is 0 Å². The molecule has 8 heteroatoms. The van der Waals surface area contributed by atoms with Crippen LogP contribution in [0.4, 0.5) is 9.18 Å². The minimum Gasteiger partial charge on any atom is -0.352 e. The van der Waals surface area contributed by atoms with Gasteiger partial charge in [-0.25, -0.2) is 9.18 Å². The fraction of sp³-hybridized carbons (Fsp3) is 0.167. The predicted octanol–water partition coefficient (Wildman–Crippen LogP) is 1.69. The molecule has 5 N–H and O–H groups in total. The van der Waals surface area contributed by atoms with E-state index in [0.29, 0.717) is 0 Å². The van der Waals surface area contributed by atoms with Gasteiger partial charge in [0.2, 0.25) is 5.91 Å². The van der Waals surface area contributed by atoms with Gasteiger partial charge in [0.05, 0.1) is 12.5 Å². The lowest BCUT2D eigenvalue weighted by atomic mass is 9.98. The van der Waals surface area contributed by atoms with E-state index < -0.39 is 29.7 Å². The average Bonchev–Trinajstić information content (AvgIpc) is 2.60. The molecule has 0 aliphatic rings. The van der Waals surface area contributed by atoms with E-state index in [4.69, 9.17) is 5.73 Å². The lowest BCUT2D eigenvalue weighted by Gasteiger charge is -2.19. The van der Waals surface area contributed by atoms with Crippen LogP contribution in [0.25, 0.3) is 0 Å². The highest BCUT2D eigenvalue weighted by Crippen LogP contribution is 2.20. The quantitative estimate of drug-likeness (QED) is 0.610. The number of carbonyl (C=O) groups is 3. The van der Waals surface area contributed by atoms with E-state index in [1.165, 1.54) is 12.1 Å². The number of nitrogens with one attached hydrogen (secondary N) is 3. The average molecular weight is 358 g/mol. The Morgan fingerprint density at radius 3 is 2.31 bits per heavy atom. The van der Waals surface area contributed by atoms with Crippen molar-refractivity contribution in [2.24, 2.45) is 5.73 Å². The van der Waals surface area contributed by atoms with Crippen molar-refractivity contribution in [1.82, 2.24) is 16.2 Å². The molecule has 0 saturated heterocycles. The number of hydrogen-bond donors (Lipinski definition) is 4. The van der Waals surface area contributed by atoms with Crippen molar-refractivity contribution in [2.45, 2.75) is 19.4 Å². The summed E-state index contributed by atoms with van der Waals surface area (Å²) in [6.07, 6.45) is -0.127. The van der Waals surface area contributed by atoms with Crippen molar-refractivity contribution in [2.75, 3.05) is 0 Å². The summed E-state index contributed by atoms with van der Waals surface area (Å²) in [5.41, 5.74) is 11.5. The van der Waals surface area contributed by atoms with Crippen LogP contribution >= 0.6 is 0 Å². The van der Waals surface area contributed by atoms with Gasteiger partial charge in [0.1, 0.15) is 5.82 Å². The minimum atomic E-state index is -0.763. The monoisotopic (exact) mass is 358 g/mol. The molecule has 0 heterocycles. The Hall–Kier alpha value is -3.42. The van der Waals surface area contributed by atoms with Crippen LogP contribution in [0, 0.1) is 12.7 Å². The van der Waals surface area contributed by atoms with E-state index in [0.717, 1.165) is 23.3 Å². The third-order valence-corrected chi connectivity index (χ3v) is 3.69. The zero-order chi connectivity index (χ0) is 19.1. The molecule has 2 rings (SSSR count). The number of primary amides is 1. The third-order valence-electron chi connectivity index (χ3n) is 3.69. The number of nitrogens with two attached hydrogens (primary N) is 1. The second kappa shape index (κ2) is 8.61. The summed E-state index contributed by atoms with van der Waals surface area (Å²) in [6, 6.07) is 10.7. The Labute approximate surface area is 149 Å². The fourth-order valence-corrected chi connectivity index (χ4v) is 2.42. The van der Waals surface area contributed by atoms with Gasteiger partial charge in [-0.1, -0.05) is 24.3 Å². The molecule has 1 unspecified atom stereocenters. The van der Waals surface area contributed by atoms with E-state index in [1.807, 2.05) is 19.1 Å². The summed E-state index contributed by atoms with van der Waals surface area (Å²) >= 11 is 0. The molecule has 0 fully saturated rings. The van der Waals surface area contributed by atoms with Crippen molar-refractivity contribution in [1.29, 1.82) is 0 Å². The van der Waals surface area contributed by atoms with E-state index in [9.17, 15) is 18.8 Å². The summed E-state index contributed by atoms with van der Waals surface area (Å²) in [7, 11) is 0. The SMILES string of the molecule is Cc1ccccc1C(CC(=O)NNC(=O)c1ccc(F)cc1)NC(N)=O. The van der Waals surface area contributed by atoms with Crippen molar-refractivity contribution in [3.8, 4) is 0 Å². The van der Waals surface area contributed by atoms with E-state index in [2.05, 4.69) is 16.2 Å².